The van der Waals surface area contributed by atoms with Crippen molar-refractivity contribution in [1.29, 1.82) is 0 Å². The number of rotatable bonds is 12. The fraction of sp³-hybridized carbons (Fsp3) is 0.0500. The number of hydrogen-bond donors (Lipinski definition) is 1. The first kappa shape index (κ1) is 33.7. The Morgan fingerprint density at radius 3 is 1.24 bits per heavy atom. The van der Waals surface area contributed by atoms with Gasteiger partial charge in [-0.25, -0.2) is 0 Å². The van der Waals surface area contributed by atoms with Gasteiger partial charge in [0.15, 0.2) is 11.6 Å². The molecule has 50 heavy (non-hydrogen) atoms. The van der Waals surface area contributed by atoms with E-state index in [1.54, 1.807) is 104 Å². The van der Waals surface area contributed by atoms with E-state index in [4.69, 9.17) is 18.9 Å². The molecule has 0 bridgehead atoms. The number of carbonyl (C=O) groups is 2. The van der Waals surface area contributed by atoms with E-state index < -0.39 is 15.0 Å². The maximum Gasteiger partial charge on any atom is 0.298 e. The van der Waals surface area contributed by atoms with E-state index in [-0.39, 0.29) is 28.8 Å². The van der Waals surface area contributed by atoms with Crippen LogP contribution in [0.2, 0.25) is 0 Å². The lowest BCUT2D eigenvalue weighted by molar-refractivity contribution is 0.103. The average molecular weight is 687 g/mol. The van der Waals surface area contributed by atoms with Crippen molar-refractivity contribution < 1.29 is 41.5 Å². The SMILES string of the molecule is COc1ccc(Oc2ccc(C(=O)c3ccc(Oc4ccc(Oc5ccc(C(=O)c6ccc(C)cc6)cc5)c(S(=O)(=O)O)c4)cc3)cc2)cc1. The zero-order valence-corrected chi connectivity index (χ0v) is 27.7. The Hall–Kier alpha value is -6.23. The van der Waals surface area contributed by atoms with E-state index >= 15 is 0 Å². The number of hydrogen-bond acceptors (Lipinski definition) is 8. The Morgan fingerprint density at radius 2 is 0.820 bits per heavy atom. The molecule has 6 aromatic carbocycles. The van der Waals surface area contributed by atoms with E-state index in [1.807, 2.05) is 19.1 Å². The summed E-state index contributed by atoms with van der Waals surface area (Å²) in [5, 5.41) is 0. The zero-order valence-electron chi connectivity index (χ0n) is 26.9. The molecule has 0 heterocycles. The van der Waals surface area contributed by atoms with E-state index in [0.29, 0.717) is 45.3 Å². The minimum atomic E-state index is -4.72. The number of aryl methyl sites for hydroxylation is 1. The second kappa shape index (κ2) is 14.5. The van der Waals surface area contributed by atoms with Crippen LogP contribution in [0.25, 0.3) is 0 Å². The molecule has 0 unspecified atom stereocenters. The van der Waals surface area contributed by atoms with Crippen molar-refractivity contribution >= 4 is 21.7 Å². The van der Waals surface area contributed by atoms with Gasteiger partial charge in [0.1, 0.15) is 45.1 Å². The molecule has 6 aromatic rings. The second-order valence-corrected chi connectivity index (χ2v) is 12.6. The highest BCUT2D eigenvalue weighted by Gasteiger charge is 2.20. The Morgan fingerprint density at radius 1 is 0.480 bits per heavy atom. The van der Waals surface area contributed by atoms with Crippen molar-refractivity contribution in [1.82, 2.24) is 0 Å². The van der Waals surface area contributed by atoms with Crippen LogP contribution >= 0.6 is 0 Å². The van der Waals surface area contributed by atoms with Crippen LogP contribution in [0.1, 0.15) is 37.4 Å². The minimum absolute atomic E-state index is 0.107. The highest BCUT2D eigenvalue weighted by molar-refractivity contribution is 7.86. The average Bonchev–Trinajstić information content (AvgIpc) is 3.13. The predicted octanol–water partition coefficient (Wildman–Crippen LogP) is 9.09. The summed E-state index contributed by atoms with van der Waals surface area (Å²) in [4.78, 5) is 25.4. The summed E-state index contributed by atoms with van der Waals surface area (Å²) in [5.74, 6) is 2.08. The van der Waals surface area contributed by atoms with E-state index in [0.717, 1.165) is 11.6 Å². The van der Waals surface area contributed by atoms with Gasteiger partial charge < -0.3 is 18.9 Å². The van der Waals surface area contributed by atoms with Crippen molar-refractivity contribution in [3.8, 4) is 40.2 Å². The largest absolute Gasteiger partial charge is 0.497 e. The maximum absolute atomic E-state index is 13.1. The summed E-state index contributed by atoms with van der Waals surface area (Å²) < 4.78 is 57.1. The molecule has 0 saturated carbocycles. The summed E-state index contributed by atoms with van der Waals surface area (Å²) in [5.41, 5.74) is 2.88. The quantitative estimate of drug-likeness (QED) is 0.0991. The highest BCUT2D eigenvalue weighted by atomic mass is 32.2. The molecule has 0 aromatic heterocycles. The van der Waals surface area contributed by atoms with Gasteiger partial charge in [0.2, 0.25) is 0 Å². The molecule has 0 aliphatic heterocycles. The first-order valence-electron chi connectivity index (χ1n) is 15.3. The molecule has 9 nitrogen and oxygen atoms in total. The van der Waals surface area contributed by atoms with Gasteiger partial charge in [0.25, 0.3) is 10.1 Å². The molecule has 0 saturated heterocycles. The molecule has 0 aliphatic rings. The molecular formula is C40H30O9S. The lowest BCUT2D eigenvalue weighted by Gasteiger charge is -2.13. The van der Waals surface area contributed by atoms with Crippen molar-refractivity contribution in [2.24, 2.45) is 0 Å². The predicted molar refractivity (Wildman–Crippen MR) is 187 cm³/mol. The monoisotopic (exact) mass is 686 g/mol. The third-order valence-corrected chi connectivity index (χ3v) is 8.49. The van der Waals surface area contributed by atoms with Gasteiger partial charge in [-0.15, -0.1) is 0 Å². The summed E-state index contributed by atoms with van der Waals surface area (Å²) in [7, 11) is -3.13. The fourth-order valence-electron chi connectivity index (χ4n) is 4.94. The highest BCUT2D eigenvalue weighted by Crippen LogP contribution is 2.34. The van der Waals surface area contributed by atoms with Crippen LogP contribution in [0, 0.1) is 6.92 Å². The Balaban J connectivity index is 1.11. The molecule has 1 N–H and O–H groups in total. The van der Waals surface area contributed by atoms with Crippen molar-refractivity contribution in [3.05, 3.63) is 167 Å². The van der Waals surface area contributed by atoms with Crippen molar-refractivity contribution in [3.63, 3.8) is 0 Å². The molecule has 0 aliphatic carbocycles. The zero-order chi connectivity index (χ0) is 35.3. The number of carbonyl (C=O) groups excluding carboxylic acids is 2. The van der Waals surface area contributed by atoms with Crippen LogP contribution < -0.4 is 18.9 Å². The summed E-state index contributed by atoms with van der Waals surface area (Å²) in [6.07, 6.45) is 0. The Kier molecular flexibility index (Phi) is 9.75. The number of benzene rings is 6. The van der Waals surface area contributed by atoms with Crippen molar-refractivity contribution in [2.75, 3.05) is 7.11 Å². The van der Waals surface area contributed by atoms with E-state index in [2.05, 4.69) is 0 Å². The molecule has 0 radical (unpaired) electrons. The maximum atomic E-state index is 13.1. The van der Waals surface area contributed by atoms with Crippen LogP contribution in [0.15, 0.2) is 144 Å². The standard InChI is InChI=1S/C40H30O9S/c1-26-3-5-27(6-4-26)39(41)30-11-17-35(18-12-30)49-37-24-23-36(25-38(37)50(43,44)45)48-33-15-9-29(10-16-33)40(42)28-7-13-32(14-8-28)47-34-21-19-31(46-2)20-22-34/h3-25H,1-2H3,(H,43,44,45). The molecule has 6 rings (SSSR count). The van der Waals surface area contributed by atoms with E-state index in [1.165, 1.54) is 24.3 Å². The Labute approximate surface area is 289 Å². The summed E-state index contributed by atoms with van der Waals surface area (Å²) >= 11 is 0. The summed E-state index contributed by atoms with van der Waals surface area (Å²) in [6.45, 7) is 1.94. The van der Waals surface area contributed by atoms with Gasteiger partial charge in [-0.1, -0.05) is 29.8 Å². The second-order valence-electron chi connectivity index (χ2n) is 11.2. The minimum Gasteiger partial charge on any atom is -0.497 e. The molecule has 10 heteroatoms. The third kappa shape index (κ3) is 8.07. The van der Waals surface area contributed by atoms with E-state index in [9.17, 15) is 22.6 Å². The third-order valence-electron chi connectivity index (χ3n) is 7.62. The fourth-order valence-corrected chi connectivity index (χ4v) is 5.57. The van der Waals surface area contributed by atoms with Gasteiger partial charge in [-0.3, -0.25) is 14.1 Å². The van der Waals surface area contributed by atoms with Crippen LogP contribution in [0.5, 0.6) is 40.2 Å². The molecule has 0 atom stereocenters. The normalized spacial score (nSPS) is 11.0. The molecule has 0 spiro atoms. The number of ether oxygens (including phenoxy) is 4. The lowest BCUT2D eigenvalue weighted by Crippen LogP contribution is -2.03. The summed E-state index contributed by atoms with van der Waals surface area (Å²) in [6, 6.07) is 37.6. The first-order valence-corrected chi connectivity index (χ1v) is 16.8. The molecule has 0 fully saturated rings. The van der Waals surface area contributed by atoms with Gasteiger partial charge in [-0.2, -0.15) is 8.42 Å². The molecule has 250 valence electrons. The first-order chi connectivity index (χ1) is 24.1. The molecular weight excluding hydrogens is 656 g/mol. The van der Waals surface area contributed by atoms with Gasteiger partial charge in [0, 0.05) is 28.3 Å². The van der Waals surface area contributed by atoms with Crippen LogP contribution in [-0.2, 0) is 10.1 Å². The van der Waals surface area contributed by atoms with Crippen LogP contribution in [0.3, 0.4) is 0 Å². The van der Waals surface area contributed by atoms with Gasteiger partial charge >= 0.3 is 0 Å². The molecule has 0 amide bonds. The van der Waals surface area contributed by atoms with Crippen LogP contribution in [-0.4, -0.2) is 31.6 Å². The topological polar surface area (TPSA) is 125 Å². The Bertz CT molecular complexity index is 2240. The van der Waals surface area contributed by atoms with Gasteiger partial charge in [0.05, 0.1) is 7.11 Å². The smallest absolute Gasteiger partial charge is 0.298 e. The number of methoxy groups -OCH3 is 1. The number of ketones is 2. The van der Waals surface area contributed by atoms with Gasteiger partial charge in [-0.05, 0) is 116 Å². The van der Waals surface area contributed by atoms with Crippen molar-refractivity contribution in [2.45, 2.75) is 11.8 Å². The lowest BCUT2D eigenvalue weighted by atomic mass is 10.0. The van der Waals surface area contributed by atoms with Crippen LogP contribution in [0.4, 0.5) is 0 Å².